The number of hydrogen-bond acceptors (Lipinski definition) is 2. The Balaban J connectivity index is 3.53. The van der Waals surface area contributed by atoms with Crippen molar-refractivity contribution < 1.29 is 4.84 Å². The highest BCUT2D eigenvalue weighted by Gasteiger charge is 1.74. The van der Waals surface area contributed by atoms with Gasteiger partial charge in [-0.3, -0.25) is 0 Å². The van der Waals surface area contributed by atoms with E-state index >= 15 is 0 Å². The Morgan fingerprint density at radius 3 is 2.62 bits per heavy atom. The molecule has 0 unspecified atom stereocenters. The van der Waals surface area contributed by atoms with E-state index in [0.29, 0.717) is 0 Å². The number of hydrogen-bond donors (Lipinski definition) is 0. The minimum Gasteiger partial charge on any atom is -0.399 e. The maximum absolute atomic E-state index is 4.44. The van der Waals surface area contributed by atoms with E-state index in [0.717, 1.165) is 5.57 Å². The predicted molar refractivity (Wildman–Crippen MR) is 34.9 cm³/mol. The van der Waals surface area contributed by atoms with E-state index in [1.165, 1.54) is 7.11 Å². The summed E-state index contributed by atoms with van der Waals surface area (Å²) < 4.78 is 0. The van der Waals surface area contributed by atoms with Crippen LogP contribution in [0.25, 0.3) is 0 Å². The molecule has 0 saturated heterocycles. The molecule has 0 fully saturated rings. The highest BCUT2D eigenvalue weighted by atomic mass is 16.6. The van der Waals surface area contributed by atoms with Crippen molar-refractivity contribution in [1.29, 1.82) is 0 Å². The molecule has 0 heterocycles. The van der Waals surface area contributed by atoms with Gasteiger partial charge in [-0.05, 0) is 19.4 Å². The largest absolute Gasteiger partial charge is 0.399 e. The van der Waals surface area contributed by atoms with Crippen LogP contribution in [0.2, 0.25) is 0 Å². The molecular formula is C6H11NO. The average Bonchev–Trinajstić information content (AvgIpc) is 1.83. The highest BCUT2D eigenvalue weighted by Crippen LogP contribution is 1.84. The molecule has 0 aliphatic rings. The van der Waals surface area contributed by atoms with Crippen LogP contribution in [0.15, 0.2) is 16.8 Å². The molecule has 0 aliphatic heterocycles. The van der Waals surface area contributed by atoms with Crippen molar-refractivity contribution in [2.24, 2.45) is 5.16 Å². The molecule has 0 aromatic carbocycles. The first-order chi connectivity index (χ1) is 3.81. The topological polar surface area (TPSA) is 21.6 Å². The molecule has 2 nitrogen and oxygen atoms in total. The summed E-state index contributed by atoms with van der Waals surface area (Å²) in [6.45, 7) is 3.92. The maximum Gasteiger partial charge on any atom is 0.106 e. The average molecular weight is 113 g/mol. The smallest absolute Gasteiger partial charge is 0.106 e. The van der Waals surface area contributed by atoms with Gasteiger partial charge in [0.2, 0.25) is 0 Å². The van der Waals surface area contributed by atoms with Crippen molar-refractivity contribution in [2.45, 2.75) is 13.8 Å². The second-order valence-electron chi connectivity index (χ2n) is 1.45. The first kappa shape index (κ1) is 7.21. The van der Waals surface area contributed by atoms with E-state index in [1.54, 1.807) is 6.21 Å². The SMILES string of the molecule is C/C=C(C)/C=N/OC. The van der Waals surface area contributed by atoms with Gasteiger partial charge in [0.15, 0.2) is 0 Å². The summed E-state index contributed by atoms with van der Waals surface area (Å²) in [5.74, 6) is 0. The van der Waals surface area contributed by atoms with Crippen molar-refractivity contribution in [1.82, 2.24) is 0 Å². The Morgan fingerprint density at radius 1 is 1.62 bits per heavy atom. The maximum atomic E-state index is 4.44. The molecule has 0 aliphatic carbocycles. The third-order valence-electron chi connectivity index (χ3n) is 0.817. The van der Waals surface area contributed by atoms with Crippen molar-refractivity contribution in [2.75, 3.05) is 7.11 Å². The van der Waals surface area contributed by atoms with E-state index in [2.05, 4.69) is 9.99 Å². The fourth-order valence-electron chi connectivity index (χ4n) is 0.210. The molecule has 0 amide bonds. The molecule has 0 saturated carbocycles. The Kier molecular flexibility index (Phi) is 3.94. The molecule has 2 heteroatoms. The minimum absolute atomic E-state index is 1.10. The van der Waals surface area contributed by atoms with Gasteiger partial charge in [-0.2, -0.15) is 0 Å². The number of nitrogens with zero attached hydrogens (tertiary/aromatic N) is 1. The summed E-state index contributed by atoms with van der Waals surface area (Å²) >= 11 is 0. The summed E-state index contributed by atoms with van der Waals surface area (Å²) in [6.07, 6.45) is 3.63. The van der Waals surface area contributed by atoms with Gasteiger partial charge < -0.3 is 4.84 Å². The van der Waals surface area contributed by atoms with Crippen molar-refractivity contribution >= 4 is 6.21 Å². The second kappa shape index (κ2) is 4.37. The zero-order chi connectivity index (χ0) is 6.41. The van der Waals surface area contributed by atoms with Gasteiger partial charge in [-0.1, -0.05) is 11.2 Å². The summed E-state index contributed by atoms with van der Waals surface area (Å²) in [5.41, 5.74) is 1.10. The van der Waals surface area contributed by atoms with Crippen LogP contribution in [-0.2, 0) is 4.84 Å². The van der Waals surface area contributed by atoms with Crippen LogP contribution in [0, 0.1) is 0 Å². The standard InChI is InChI=1S/C6H11NO/c1-4-6(2)5-7-8-3/h4-5H,1-3H3/b6-4+,7-5+. The van der Waals surface area contributed by atoms with E-state index < -0.39 is 0 Å². The number of oxime groups is 1. The lowest BCUT2D eigenvalue weighted by atomic mass is 10.3. The minimum atomic E-state index is 1.10. The molecular weight excluding hydrogens is 102 g/mol. The molecule has 0 N–H and O–H groups in total. The summed E-state index contributed by atoms with van der Waals surface area (Å²) in [5, 5.41) is 3.55. The van der Waals surface area contributed by atoms with Crippen LogP contribution in [0.3, 0.4) is 0 Å². The van der Waals surface area contributed by atoms with Crippen LogP contribution < -0.4 is 0 Å². The lowest BCUT2D eigenvalue weighted by Crippen LogP contribution is -1.76. The fourth-order valence-corrected chi connectivity index (χ4v) is 0.210. The van der Waals surface area contributed by atoms with E-state index in [9.17, 15) is 0 Å². The molecule has 8 heavy (non-hydrogen) atoms. The van der Waals surface area contributed by atoms with Crippen LogP contribution in [0.5, 0.6) is 0 Å². The molecule has 0 spiro atoms. The van der Waals surface area contributed by atoms with Gasteiger partial charge in [-0.25, -0.2) is 0 Å². The summed E-state index contributed by atoms with van der Waals surface area (Å²) in [7, 11) is 1.53. The highest BCUT2D eigenvalue weighted by molar-refractivity contribution is 5.76. The Morgan fingerprint density at radius 2 is 2.25 bits per heavy atom. The molecule has 0 aromatic heterocycles. The van der Waals surface area contributed by atoms with Gasteiger partial charge in [0, 0.05) is 0 Å². The first-order valence-corrected chi connectivity index (χ1v) is 2.50. The van der Waals surface area contributed by atoms with Gasteiger partial charge in [0.1, 0.15) is 7.11 Å². The van der Waals surface area contributed by atoms with Crippen LogP contribution >= 0.6 is 0 Å². The molecule has 0 radical (unpaired) electrons. The first-order valence-electron chi connectivity index (χ1n) is 2.50. The molecule has 0 atom stereocenters. The van der Waals surface area contributed by atoms with E-state index in [1.807, 2.05) is 19.9 Å². The van der Waals surface area contributed by atoms with Crippen molar-refractivity contribution in [3.63, 3.8) is 0 Å². The number of rotatable bonds is 2. The normalized spacial score (nSPS) is 12.6. The van der Waals surface area contributed by atoms with Crippen molar-refractivity contribution in [3.8, 4) is 0 Å². The molecule has 0 rings (SSSR count). The predicted octanol–water partition coefficient (Wildman–Crippen LogP) is 1.58. The Bertz CT molecular complexity index is 105. The van der Waals surface area contributed by atoms with Gasteiger partial charge in [0.25, 0.3) is 0 Å². The van der Waals surface area contributed by atoms with Gasteiger partial charge in [0.05, 0.1) is 6.21 Å². The van der Waals surface area contributed by atoms with E-state index in [4.69, 9.17) is 0 Å². The monoisotopic (exact) mass is 113 g/mol. The van der Waals surface area contributed by atoms with Crippen LogP contribution in [-0.4, -0.2) is 13.3 Å². The van der Waals surface area contributed by atoms with Gasteiger partial charge >= 0.3 is 0 Å². The summed E-state index contributed by atoms with van der Waals surface area (Å²) in [4.78, 5) is 4.44. The third kappa shape index (κ3) is 3.40. The lowest BCUT2D eigenvalue weighted by molar-refractivity contribution is 0.215. The molecule has 46 valence electrons. The van der Waals surface area contributed by atoms with Crippen LogP contribution in [0.4, 0.5) is 0 Å². The van der Waals surface area contributed by atoms with E-state index in [-0.39, 0.29) is 0 Å². The fraction of sp³-hybridized carbons (Fsp3) is 0.500. The summed E-state index contributed by atoms with van der Waals surface area (Å²) in [6, 6.07) is 0. The van der Waals surface area contributed by atoms with Crippen molar-refractivity contribution in [3.05, 3.63) is 11.6 Å². The molecule has 0 aromatic rings. The Hall–Kier alpha value is -0.790. The van der Waals surface area contributed by atoms with Crippen LogP contribution in [0.1, 0.15) is 13.8 Å². The zero-order valence-corrected chi connectivity index (χ0v) is 5.51. The third-order valence-corrected chi connectivity index (χ3v) is 0.817. The Labute approximate surface area is 49.8 Å². The number of allylic oxidation sites excluding steroid dienone is 2. The zero-order valence-electron chi connectivity index (χ0n) is 5.51. The van der Waals surface area contributed by atoms with Gasteiger partial charge in [-0.15, -0.1) is 0 Å². The second-order valence-corrected chi connectivity index (χ2v) is 1.45. The quantitative estimate of drug-likeness (QED) is 0.393. The lowest BCUT2D eigenvalue weighted by Gasteiger charge is -1.85. The molecule has 0 bridgehead atoms.